The summed E-state index contributed by atoms with van der Waals surface area (Å²) < 4.78 is 55.2. The van der Waals surface area contributed by atoms with E-state index in [1.807, 2.05) is 0 Å². The molecule has 0 saturated heterocycles. The summed E-state index contributed by atoms with van der Waals surface area (Å²) in [4.78, 5) is 11.9. The van der Waals surface area contributed by atoms with Crippen molar-refractivity contribution in [1.82, 2.24) is 0 Å². The maximum atomic E-state index is 13.5. The van der Waals surface area contributed by atoms with Gasteiger partial charge in [-0.2, -0.15) is 8.78 Å². The highest BCUT2D eigenvalue weighted by Gasteiger charge is 2.16. The van der Waals surface area contributed by atoms with Gasteiger partial charge in [-0.1, -0.05) is 12.1 Å². The molecular weight excluding hydrogens is 290 g/mol. The lowest BCUT2D eigenvalue weighted by atomic mass is 10.2. The van der Waals surface area contributed by atoms with Crippen molar-refractivity contribution in [1.29, 1.82) is 0 Å². The minimum Gasteiger partial charge on any atom is -0.433 e. The van der Waals surface area contributed by atoms with Crippen LogP contribution >= 0.6 is 0 Å². The summed E-state index contributed by atoms with van der Waals surface area (Å²) in [5.74, 6) is -2.98. The van der Waals surface area contributed by atoms with Gasteiger partial charge >= 0.3 is 6.61 Å². The van der Waals surface area contributed by atoms with Crippen molar-refractivity contribution in [2.24, 2.45) is 0 Å². The molecule has 0 bridgehead atoms. The molecule has 110 valence electrons. The Morgan fingerprint density at radius 1 is 1.10 bits per heavy atom. The molecule has 0 heterocycles. The first kappa shape index (κ1) is 14.8. The molecule has 1 amide bonds. The number of amides is 1. The molecule has 7 heteroatoms. The van der Waals surface area contributed by atoms with E-state index in [0.717, 1.165) is 12.1 Å². The number of carbonyl (C=O) groups excluding carboxylic acids is 1. The zero-order valence-electron chi connectivity index (χ0n) is 10.4. The lowest BCUT2D eigenvalue weighted by Gasteiger charge is -2.12. The van der Waals surface area contributed by atoms with Crippen LogP contribution in [0.15, 0.2) is 42.5 Å². The van der Waals surface area contributed by atoms with Crippen molar-refractivity contribution in [2.75, 3.05) is 5.32 Å². The molecule has 0 radical (unpaired) electrons. The number of halogens is 4. The van der Waals surface area contributed by atoms with E-state index in [1.165, 1.54) is 24.3 Å². The highest BCUT2D eigenvalue weighted by molar-refractivity contribution is 6.05. The zero-order valence-corrected chi connectivity index (χ0v) is 10.4. The van der Waals surface area contributed by atoms with Crippen LogP contribution in [0, 0.1) is 11.6 Å². The predicted octanol–water partition coefficient (Wildman–Crippen LogP) is 3.82. The average Bonchev–Trinajstić information content (AvgIpc) is 2.43. The van der Waals surface area contributed by atoms with Crippen LogP contribution in [0.1, 0.15) is 10.4 Å². The highest BCUT2D eigenvalue weighted by atomic mass is 19.3. The summed E-state index contributed by atoms with van der Waals surface area (Å²) in [5.41, 5.74) is -0.617. The van der Waals surface area contributed by atoms with Gasteiger partial charge in [0.05, 0.1) is 11.3 Å². The Labute approximate surface area is 117 Å². The molecular formula is C14H9F4NO2. The van der Waals surface area contributed by atoms with Crippen LogP contribution in [0.3, 0.4) is 0 Å². The van der Waals surface area contributed by atoms with E-state index in [1.54, 1.807) is 0 Å². The van der Waals surface area contributed by atoms with E-state index < -0.39 is 29.7 Å². The van der Waals surface area contributed by atoms with Crippen LogP contribution in [0.2, 0.25) is 0 Å². The first-order valence-electron chi connectivity index (χ1n) is 5.77. The highest BCUT2D eigenvalue weighted by Crippen LogP contribution is 2.26. The Morgan fingerprint density at radius 3 is 2.52 bits per heavy atom. The summed E-state index contributed by atoms with van der Waals surface area (Å²) in [5, 5.41) is 2.20. The second kappa shape index (κ2) is 6.25. The third-order valence-electron chi connectivity index (χ3n) is 2.52. The maximum Gasteiger partial charge on any atom is 0.387 e. The minimum atomic E-state index is -3.08. The molecule has 0 aliphatic heterocycles. The number of para-hydroxylation sites is 2. The first-order valence-corrected chi connectivity index (χ1v) is 5.77. The molecule has 3 nitrogen and oxygen atoms in total. The molecule has 0 unspecified atom stereocenters. The Bertz CT molecular complexity index is 661. The maximum absolute atomic E-state index is 13.5. The van der Waals surface area contributed by atoms with Crippen LogP contribution in [0.4, 0.5) is 23.2 Å². The fraction of sp³-hybridized carbons (Fsp3) is 0.0714. The minimum absolute atomic E-state index is 0.0774. The van der Waals surface area contributed by atoms with Gasteiger partial charge in [0.1, 0.15) is 17.4 Å². The van der Waals surface area contributed by atoms with Crippen molar-refractivity contribution in [3.8, 4) is 5.75 Å². The molecule has 0 aliphatic carbocycles. The number of hydrogen-bond acceptors (Lipinski definition) is 2. The number of anilines is 1. The van der Waals surface area contributed by atoms with Crippen LogP contribution in [0.5, 0.6) is 5.75 Å². The zero-order chi connectivity index (χ0) is 15.4. The Kier molecular flexibility index (Phi) is 4.42. The standard InChI is InChI=1S/C14H9F4NO2/c15-8-5-6-10(16)9(7-8)13(20)19-11-3-1-2-4-12(11)21-14(17)18/h1-7,14H,(H,19,20). The van der Waals surface area contributed by atoms with Crippen molar-refractivity contribution >= 4 is 11.6 Å². The lowest BCUT2D eigenvalue weighted by Crippen LogP contribution is -2.15. The van der Waals surface area contributed by atoms with Crippen molar-refractivity contribution in [3.63, 3.8) is 0 Å². The summed E-state index contributed by atoms with van der Waals surface area (Å²) in [7, 11) is 0. The normalized spacial score (nSPS) is 10.5. The fourth-order valence-corrected chi connectivity index (χ4v) is 1.63. The number of benzene rings is 2. The van der Waals surface area contributed by atoms with Gasteiger partial charge < -0.3 is 10.1 Å². The quantitative estimate of drug-likeness (QED) is 0.872. The van der Waals surface area contributed by atoms with Gasteiger partial charge in [0.15, 0.2) is 0 Å². The molecule has 0 spiro atoms. The van der Waals surface area contributed by atoms with Gasteiger partial charge in [0.25, 0.3) is 5.91 Å². The van der Waals surface area contributed by atoms with E-state index >= 15 is 0 Å². The molecule has 0 saturated carbocycles. The monoisotopic (exact) mass is 299 g/mol. The van der Waals surface area contributed by atoms with Crippen molar-refractivity contribution in [2.45, 2.75) is 6.61 Å². The number of hydrogen-bond donors (Lipinski definition) is 1. The molecule has 0 fully saturated rings. The van der Waals surface area contributed by atoms with Gasteiger partial charge in [-0.25, -0.2) is 8.78 Å². The summed E-state index contributed by atoms with van der Waals surface area (Å²) >= 11 is 0. The molecule has 2 aromatic rings. The number of carbonyl (C=O) groups is 1. The van der Waals surface area contributed by atoms with Crippen LogP contribution in [-0.4, -0.2) is 12.5 Å². The summed E-state index contributed by atoms with van der Waals surface area (Å²) in [6, 6.07) is 7.77. The fourth-order valence-electron chi connectivity index (χ4n) is 1.63. The predicted molar refractivity (Wildman–Crippen MR) is 67.4 cm³/mol. The largest absolute Gasteiger partial charge is 0.433 e. The molecule has 0 atom stereocenters. The number of alkyl halides is 2. The Morgan fingerprint density at radius 2 is 1.81 bits per heavy atom. The van der Waals surface area contributed by atoms with Crippen molar-refractivity contribution < 1.29 is 27.1 Å². The van der Waals surface area contributed by atoms with Crippen LogP contribution < -0.4 is 10.1 Å². The van der Waals surface area contributed by atoms with Gasteiger partial charge in [-0.3, -0.25) is 4.79 Å². The van der Waals surface area contributed by atoms with Gasteiger partial charge in [-0.05, 0) is 30.3 Å². The Hall–Kier alpha value is -2.57. The topological polar surface area (TPSA) is 38.3 Å². The second-order valence-corrected chi connectivity index (χ2v) is 3.95. The molecule has 1 N–H and O–H groups in total. The lowest BCUT2D eigenvalue weighted by molar-refractivity contribution is -0.0493. The van der Waals surface area contributed by atoms with E-state index in [9.17, 15) is 22.4 Å². The van der Waals surface area contributed by atoms with Crippen molar-refractivity contribution in [3.05, 3.63) is 59.7 Å². The number of nitrogens with one attached hydrogen (secondary N) is 1. The molecule has 21 heavy (non-hydrogen) atoms. The average molecular weight is 299 g/mol. The third-order valence-corrected chi connectivity index (χ3v) is 2.52. The number of ether oxygens (including phenoxy) is 1. The number of rotatable bonds is 4. The summed E-state index contributed by atoms with van der Waals surface area (Å²) in [6.45, 7) is -3.08. The Balaban J connectivity index is 2.25. The third kappa shape index (κ3) is 3.71. The SMILES string of the molecule is O=C(Nc1ccccc1OC(F)F)c1cc(F)ccc1F. The smallest absolute Gasteiger partial charge is 0.387 e. The molecule has 2 aromatic carbocycles. The van der Waals surface area contributed by atoms with E-state index in [4.69, 9.17) is 0 Å². The molecule has 0 aromatic heterocycles. The van der Waals surface area contributed by atoms with Crippen LogP contribution in [0.25, 0.3) is 0 Å². The van der Waals surface area contributed by atoms with E-state index in [2.05, 4.69) is 10.1 Å². The van der Waals surface area contributed by atoms with E-state index in [0.29, 0.717) is 6.07 Å². The second-order valence-electron chi connectivity index (χ2n) is 3.95. The molecule has 2 rings (SSSR count). The van der Waals surface area contributed by atoms with Gasteiger partial charge in [0, 0.05) is 0 Å². The first-order chi connectivity index (χ1) is 9.97. The van der Waals surface area contributed by atoms with E-state index in [-0.39, 0.29) is 11.4 Å². The van der Waals surface area contributed by atoms with Gasteiger partial charge in [-0.15, -0.1) is 0 Å². The van der Waals surface area contributed by atoms with Crippen LogP contribution in [-0.2, 0) is 0 Å². The summed E-state index contributed by atoms with van der Waals surface area (Å²) in [6.07, 6.45) is 0. The van der Waals surface area contributed by atoms with Gasteiger partial charge in [0.2, 0.25) is 0 Å². The molecule has 0 aliphatic rings.